The topological polar surface area (TPSA) is 78.9 Å². The third-order valence-corrected chi connectivity index (χ3v) is 10.3. The number of hydrogen-bond donors (Lipinski definition) is 0. The molecule has 0 aliphatic rings. The molecule has 0 fully saturated rings. The van der Waals surface area contributed by atoms with Gasteiger partial charge in [-0.05, 0) is 103 Å². The molecule has 0 saturated heterocycles. The summed E-state index contributed by atoms with van der Waals surface area (Å²) in [4.78, 5) is 37.9. The number of allylic oxidation sites excluding steroid dienone is 16. The van der Waals surface area contributed by atoms with Crippen molar-refractivity contribution >= 4 is 17.9 Å². The van der Waals surface area contributed by atoms with Crippen LogP contribution in [0.1, 0.15) is 220 Å². The second-order valence-electron chi connectivity index (χ2n) is 16.3. The fourth-order valence-electron chi connectivity index (χ4n) is 6.52. The Morgan fingerprint density at radius 2 is 0.694 bits per heavy atom. The van der Waals surface area contributed by atoms with E-state index in [2.05, 4.69) is 106 Å². The second kappa shape index (κ2) is 50.0. The molecule has 0 aromatic carbocycles. The molecule has 1 unspecified atom stereocenters. The molecule has 6 heteroatoms. The van der Waals surface area contributed by atoms with Gasteiger partial charge in [-0.15, -0.1) is 0 Å². The minimum absolute atomic E-state index is 0.116. The van der Waals surface area contributed by atoms with Gasteiger partial charge in [0.15, 0.2) is 6.10 Å². The molecule has 0 aliphatic heterocycles. The van der Waals surface area contributed by atoms with Crippen molar-refractivity contribution in [2.24, 2.45) is 0 Å². The predicted octanol–water partition coefficient (Wildman–Crippen LogP) is 16.6. The summed E-state index contributed by atoms with van der Waals surface area (Å²) in [5, 5.41) is 0. The average molecular weight is 861 g/mol. The van der Waals surface area contributed by atoms with Crippen molar-refractivity contribution in [2.75, 3.05) is 13.2 Å². The first-order valence-electron chi connectivity index (χ1n) is 25.2. The van der Waals surface area contributed by atoms with Crippen molar-refractivity contribution in [3.63, 3.8) is 0 Å². The first kappa shape index (κ1) is 58.3. The quantitative estimate of drug-likeness (QED) is 0.0263. The molecule has 1 atom stereocenters. The van der Waals surface area contributed by atoms with Crippen LogP contribution in [0, 0.1) is 0 Å². The molecule has 0 amide bonds. The van der Waals surface area contributed by atoms with Gasteiger partial charge in [-0.2, -0.15) is 0 Å². The van der Waals surface area contributed by atoms with Crippen LogP contribution in [0.5, 0.6) is 0 Å². The van der Waals surface area contributed by atoms with Crippen LogP contribution in [0.2, 0.25) is 0 Å². The third-order valence-electron chi connectivity index (χ3n) is 10.3. The zero-order valence-electron chi connectivity index (χ0n) is 40.1. The number of ether oxygens (including phenoxy) is 3. The first-order valence-corrected chi connectivity index (χ1v) is 25.2. The molecule has 0 saturated carbocycles. The van der Waals surface area contributed by atoms with Crippen molar-refractivity contribution in [3.8, 4) is 0 Å². The van der Waals surface area contributed by atoms with Crippen LogP contribution in [0.25, 0.3) is 0 Å². The van der Waals surface area contributed by atoms with E-state index in [9.17, 15) is 14.4 Å². The predicted molar refractivity (Wildman–Crippen MR) is 265 cm³/mol. The summed E-state index contributed by atoms with van der Waals surface area (Å²) in [7, 11) is 0. The Labute approximate surface area is 381 Å². The largest absolute Gasteiger partial charge is 0.462 e. The van der Waals surface area contributed by atoms with Crippen LogP contribution in [0.4, 0.5) is 0 Å². The van der Waals surface area contributed by atoms with Gasteiger partial charge in [0.05, 0.1) is 0 Å². The van der Waals surface area contributed by atoms with Gasteiger partial charge >= 0.3 is 17.9 Å². The van der Waals surface area contributed by atoms with E-state index in [0.717, 1.165) is 109 Å². The van der Waals surface area contributed by atoms with E-state index in [1.54, 1.807) is 0 Å². The lowest BCUT2D eigenvalue weighted by molar-refractivity contribution is -0.166. The van der Waals surface area contributed by atoms with Crippen LogP contribution >= 0.6 is 0 Å². The highest BCUT2D eigenvalue weighted by molar-refractivity contribution is 5.71. The maximum absolute atomic E-state index is 12.7. The van der Waals surface area contributed by atoms with E-state index < -0.39 is 12.1 Å². The number of carbonyl (C=O) groups is 3. The summed E-state index contributed by atoms with van der Waals surface area (Å²) < 4.78 is 16.7. The van der Waals surface area contributed by atoms with Gasteiger partial charge in [0.1, 0.15) is 13.2 Å². The summed E-state index contributed by atoms with van der Waals surface area (Å²) in [5.41, 5.74) is 0. The molecule has 0 rings (SSSR count). The molecule has 62 heavy (non-hydrogen) atoms. The summed E-state index contributed by atoms with van der Waals surface area (Å²) in [6, 6.07) is 0. The lowest BCUT2D eigenvalue weighted by atomic mass is 10.1. The van der Waals surface area contributed by atoms with Gasteiger partial charge in [0.25, 0.3) is 0 Å². The van der Waals surface area contributed by atoms with E-state index in [-0.39, 0.29) is 31.6 Å². The van der Waals surface area contributed by atoms with Crippen LogP contribution in [0.3, 0.4) is 0 Å². The fourth-order valence-corrected chi connectivity index (χ4v) is 6.52. The van der Waals surface area contributed by atoms with Gasteiger partial charge in [-0.3, -0.25) is 14.4 Å². The van der Waals surface area contributed by atoms with Crippen molar-refractivity contribution in [2.45, 2.75) is 226 Å². The lowest BCUT2D eigenvalue weighted by Gasteiger charge is -2.18. The van der Waals surface area contributed by atoms with Gasteiger partial charge in [-0.25, -0.2) is 0 Å². The number of esters is 3. The van der Waals surface area contributed by atoms with E-state index in [1.165, 1.54) is 64.2 Å². The van der Waals surface area contributed by atoms with E-state index in [0.29, 0.717) is 19.3 Å². The highest BCUT2D eigenvalue weighted by Crippen LogP contribution is 2.13. The number of hydrogen-bond acceptors (Lipinski definition) is 6. The average Bonchev–Trinajstić information content (AvgIpc) is 3.27. The van der Waals surface area contributed by atoms with Crippen molar-refractivity contribution < 1.29 is 28.6 Å². The van der Waals surface area contributed by atoms with Gasteiger partial charge < -0.3 is 14.2 Å². The highest BCUT2D eigenvalue weighted by atomic mass is 16.6. The molecule has 0 aromatic heterocycles. The molecule has 0 spiro atoms. The number of unbranched alkanes of at least 4 members (excludes halogenated alkanes) is 17. The molecular weight excluding hydrogens is 769 g/mol. The Balaban J connectivity index is 4.48. The Kier molecular flexibility index (Phi) is 47.0. The third kappa shape index (κ3) is 47.4. The highest BCUT2D eigenvalue weighted by Gasteiger charge is 2.19. The van der Waals surface area contributed by atoms with Gasteiger partial charge in [-0.1, -0.05) is 195 Å². The van der Waals surface area contributed by atoms with Crippen LogP contribution in [-0.4, -0.2) is 37.2 Å². The van der Waals surface area contributed by atoms with Crippen LogP contribution in [0.15, 0.2) is 97.2 Å². The molecule has 0 N–H and O–H groups in total. The first-order chi connectivity index (χ1) is 30.5. The van der Waals surface area contributed by atoms with Crippen molar-refractivity contribution in [3.05, 3.63) is 97.2 Å². The SMILES string of the molecule is CC/C=C\C/C=C\C/C=C\C/C=C\CCC(=O)OC(COC(=O)CCCCCCC/C=C\C/C=C\CCC)COC(=O)CCCCCCCCC/C=C\C/C=C\CCCCCC. The standard InChI is InChI=1S/C56H92O6/c1-4-7-10-13-16-19-22-25-26-27-28-29-32-34-37-40-43-46-49-55(58)61-52-53(62-56(59)50-47-44-41-38-35-31-24-21-18-15-12-9-6-3)51-60-54(57)48-45-42-39-36-33-30-23-20-17-14-11-8-5-2/h9,11-12,14,18-23,26-27,31,35,41,44,53H,4-8,10,13,15-17,24-25,28-30,32-34,36-40,42-43,45-52H2,1-3H3/b12-9-,14-11-,21-18-,22-19-,23-20-,27-26-,35-31-,44-41-. The minimum atomic E-state index is -0.824. The zero-order valence-corrected chi connectivity index (χ0v) is 40.1. The monoisotopic (exact) mass is 861 g/mol. The number of rotatable bonds is 44. The maximum Gasteiger partial charge on any atom is 0.306 e. The molecular formula is C56H92O6. The molecule has 0 bridgehead atoms. The molecule has 0 aromatic rings. The van der Waals surface area contributed by atoms with Gasteiger partial charge in [0.2, 0.25) is 0 Å². The fraction of sp³-hybridized carbons (Fsp3) is 0.661. The van der Waals surface area contributed by atoms with E-state index >= 15 is 0 Å². The zero-order chi connectivity index (χ0) is 45.1. The second-order valence-corrected chi connectivity index (χ2v) is 16.3. The van der Waals surface area contributed by atoms with E-state index in [1.807, 2.05) is 12.2 Å². The summed E-state index contributed by atoms with van der Waals surface area (Å²) in [6.07, 6.45) is 65.4. The summed E-state index contributed by atoms with van der Waals surface area (Å²) in [5.74, 6) is -1.03. The van der Waals surface area contributed by atoms with E-state index in [4.69, 9.17) is 14.2 Å². The van der Waals surface area contributed by atoms with Crippen molar-refractivity contribution in [1.82, 2.24) is 0 Å². The normalized spacial score (nSPS) is 12.9. The summed E-state index contributed by atoms with van der Waals surface area (Å²) >= 11 is 0. The Morgan fingerprint density at radius 3 is 1.11 bits per heavy atom. The molecule has 0 aliphatic carbocycles. The smallest absolute Gasteiger partial charge is 0.306 e. The Hall–Kier alpha value is -3.67. The van der Waals surface area contributed by atoms with Crippen LogP contribution < -0.4 is 0 Å². The Morgan fingerprint density at radius 1 is 0.339 bits per heavy atom. The molecule has 0 heterocycles. The molecule has 0 radical (unpaired) electrons. The molecule has 352 valence electrons. The summed E-state index contributed by atoms with van der Waals surface area (Å²) in [6.45, 7) is 6.35. The minimum Gasteiger partial charge on any atom is -0.462 e. The maximum atomic E-state index is 12.7. The van der Waals surface area contributed by atoms with Gasteiger partial charge in [0, 0.05) is 19.3 Å². The lowest BCUT2D eigenvalue weighted by Crippen LogP contribution is -2.30. The van der Waals surface area contributed by atoms with Crippen molar-refractivity contribution in [1.29, 1.82) is 0 Å². The number of carbonyl (C=O) groups excluding carboxylic acids is 3. The Bertz CT molecular complexity index is 1260. The molecule has 6 nitrogen and oxygen atoms in total. The van der Waals surface area contributed by atoms with Crippen LogP contribution in [-0.2, 0) is 28.6 Å².